The largest absolute Gasteiger partial charge is 0.384 e. The number of benzene rings is 1. The van der Waals surface area contributed by atoms with Crippen LogP contribution in [0, 0.1) is 17.1 Å². The summed E-state index contributed by atoms with van der Waals surface area (Å²) in [7, 11) is 0. The normalized spacial score (nSPS) is 22.5. The van der Waals surface area contributed by atoms with E-state index in [1.165, 1.54) is 41.3 Å². The zero-order valence-corrected chi connectivity index (χ0v) is 17.9. The SMILES string of the molecule is CSc1nnc(N2C(N)=C(C#N)[C@@]3(C(=O)Nc4ccc(F)cc43)C3=C2CCCC3=O)s1. The molecule has 2 aromatic rings. The predicted molar refractivity (Wildman–Crippen MR) is 114 cm³/mol. The van der Waals surface area contributed by atoms with Gasteiger partial charge in [-0.2, -0.15) is 5.26 Å². The lowest BCUT2D eigenvalue weighted by Crippen LogP contribution is -2.50. The summed E-state index contributed by atoms with van der Waals surface area (Å²) in [5, 5.41) is 21.5. The molecule has 0 saturated carbocycles. The molecule has 1 amide bonds. The molecule has 1 aliphatic carbocycles. The van der Waals surface area contributed by atoms with E-state index in [1.807, 2.05) is 12.3 Å². The number of Topliss-reactive ketones (excluding diaryl/α,β-unsaturated/α-hetero) is 1. The molecular weight excluding hydrogens is 439 g/mol. The fourth-order valence-corrected chi connectivity index (χ4v) is 5.86. The van der Waals surface area contributed by atoms with Crippen LogP contribution < -0.4 is 16.0 Å². The van der Waals surface area contributed by atoms with Gasteiger partial charge in [0, 0.05) is 28.9 Å². The average molecular weight is 455 g/mol. The van der Waals surface area contributed by atoms with Gasteiger partial charge < -0.3 is 11.1 Å². The Bertz CT molecular complexity index is 1280. The number of nitrogens with zero attached hydrogens (tertiary/aromatic N) is 4. The van der Waals surface area contributed by atoms with Gasteiger partial charge in [0.1, 0.15) is 23.1 Å². The number of carbonyl (C=O) groups is 2. The highest BCUT2D eigenvalue weighted by molar-refractivity contribution is 8.00. The van der Waals surface area contributed by atoms with Crippen molar-refractivity contribution in [2.45, 2.75) is 29.0 Å². The van der Waals surface area contributed by atoms with Crippen LogP contribution in [0.5, 0.6) is 0 Å². The Labute approximate surface area is 184 Å². The zero-order chi connectivity index (χ0) is 21.9. The van der Waals surface area contributed by atoms with Gasteiger partial charge >= 0.3 is 0 Å². The van der Waals surface area contributed by atoms with Gasteiger partial charge in [0.2, 0.25) is 11.0 Å². The van der Waals surface area contributed by atoms with E-state index in [2.05, 4.69) is 15.5 Å². The fourth-order valence-electron chi connectivity index (χ4n) is 4.56. The number of rotatable bonds is 2. The minimum atomic E-state index is -1.79. The number of thioether (sulfide) groups is 1. The summed E-state index contributed by atoms with van der Waals surface area (Å²) in [4.78, 5) is 28.2. The standard InChI is InChI=1S/C20H15FN6O2S2/c1-30-19-26-25-18(31-19)27-13-3-2-4-14(28)15(13)20(11(8-22)16(27)23)10-7-9(21)5-6-12(10)24-17(20)29/h5-7H,2-4,23H2,1H3,(H,24,29)/t20-/m1/s1. The third-order valence-electron chi connectivity index (χ3n) is 5.75. The number of hydrogen-bond donors (Lipinski definition) is 2. The first-order chi connectivity index (χ1) is 14.9. The van der Waals surface area contributed by atoms with E-state index in [4.69, 9.17) is 5.73 Å². The van der Waals surface area contributed by atoms with Crippen LogP contribution in [0.1, 0.15) is 24.8 Å². The van der Waals surface area contributed by atoms with Crippen molar-refractivity contribution >= 4 is 45.6 Å². The predicted octanol–water partition coefficient (Wildman–Crippen LogP) is 2.81. The summed E-state index contributed by atoms with van der Waals surface area (Å²) in [6.45, 7) is 0. The highest BCUT2D eigenvalue weighted by atomic mass is 32.2. The molecule has 8 nitrogen and oxygen atoms in total. The summed E-state index contributed by atoms with van der Waals surface area (Å²) in [6, 6.07) is 5.88. The Balaban J connectivity index is 1.87. The second-order valence-electron chi connectivity index (χ2n) is 7.25. The van der Waals surface area contributed by atoms with Crippen molar-refractivity contribution in [1.29, 1.82) is 5.26 Å². The number of nitrogens with two attached hydrogens (primary N) is 1. The summed E-state index contributed by atoms with van der Waals surface area (Å²) in [6.07, 6.45) is 3.09. The van der Waals surface area contributed by atoms with Gasteiger partial charge in [0.15, 0.2) is 10.1 Å². The first kappa shape index (κ1) is 19.7. The van der Waals surface area contributed by atoms with Crippen molar-refractivity contribution in [3.8, 4) is 6.07 Å². The second kappa shape index (κ2) is 6.90. The van der Waals surface area contributed by atoms with Crippen molar-refractivity contribution in [1.82, 2.24) is 10.2 Å². The average Bonchev–Trinajstić information content (AvgIpc) is 3.32. The van der Waals surface area contributed by atoms with Gasteiger partial charge in [-0.3, -0.25) is 14.5 Å². The molecule has 0 fully saturated rings. The molecule has 0 bridgehead atoms. The third-order valence-corrected chi connectivity index (χ3v) is 7.63. The van der Waals surface area contributed by atoms with Crippen molar-refractivity contribution in [2.24, 2.45) is 5.73 Å². The Kier molecular flexibility index (Phi) is 4.39. The Hall–Kier alpha value is -3.23. The first-order valence-electron chi connectivity index (χ1n) is 9.39. The molecule has 156 valence electrons. The fraction of sp³-hybridized carbons (Fsp3) is 0.250. The van der Waals surface area contributed by atoms with E-state index >= 15 is 0 Å². The lowest BCUT2D eigenvalue weighted by molar-refractivity contribution is -0.122. The number of allylic oxidation sites excluding steroid dienone is 1. The van der Waals surface area contributed by atoms with Crippen molar-refractivity contribution in [3.63, 3.8) is 0 Å². The van der Waals surface area contributed by atoms with Gasteiger partial charge in [0.25, 0.3) is 0 Å². The van der Waals surface area contributed by atoms with E-state index in [1.54, 1.807) is 4.90 Å². The van der Waals surface area contributed by atoms with Crippen LogP contribution in [0.25, 0.3) is 0 Å². The molecule has 0 unspecified atom stereocenters. The smallest absolute Gasteiger partial charge is 0.245 e. The number of ketones is 1. The van der Waals surface area contributed by atoms with Gasteiger partial charge in [-0.05, 0) is 37.3 Å². The Morgan fingerprint density at radius 1 is 1.35 bits per heavy atom. The van der Waals surface area contributed by atoms with Crippen molar-refractivity contribution in [3.05, 3.63) is 52.2 Å². The topological polar surface area (TPSA) is 125 Å². The number of carbonyl (C=O) groups excluding carboxylic acids is 2. The van der Waals surface area contributed by atoms with Crippen LogP contribution in [0.4, 0.5) is 15.2 Å². The monoisotopic (exact) mass is 454 g/mol. The summed E-state index contributed by atoms with van der Waals surface area (Å²) >= 11 is 2.68. The maximum absolute atomic E-state index is 14.3. The maximum Gasteiger partial charge on any atom is 0.245 e. The minimum Gasteiger partial charge on any atom is -0.384 e. The number of halogens is 1. The molecule has 1 aromatic heterocycles. The quantitative estimate of drug-likeness (QED) is 0.664. The van der Waals surface area contributed by atoms with Crippen LogP contribution in [-0.4, -0.2) is 28.1 Å². The van der Waals surface area contributed by atoms with Gasteiger partial charge in [-0.25, -0.2) is 4.39 Å². The van der Waals surface area contributed by atoms with E-state index < -0.39 is 17.1 Å². The van der Waals surface area contributed by atoms with Crippen molar-refractivity contribution in [2.75, 3.05) is 16.5 Å². The number of fused-ring (bicyclic) bond motifs is 3. The summed E-state index contributed by atoms with van der Waals surface area (Å²) in [5.41, 5.74) is 5.81. The van der Waals surface area contributed by atoms with Crippen LogP contribution in [0.3, 0.4) is 0 Å². The molecule has 3 heterocycles. The van der Waals surface area contributed by atoms with E-state index in [0.29, 0.717) is 33.7 Å². The van der Waals surface area contributed by atoms with Gasteiger partial charge in [-0.1, -0.05) is 23.1 Å². The Morgan fingerprint density at radius 2 is 2.16 bits per heavy atom. The molecule has 5 rings (SSSR count). The maximum atomic E-state index is 14.3. The van der Waals surface area contributed by atoms with E-state index in [9.17, 15) is 19.2 Å². The number of aromatic nitrogens is 2. The molecule has 0 saturated heterocycles. The number of hydrogen-bond acceptors (Lipinski definition) is 9. The molecule has 3 aliphatic rings. The minimum absolute atomic E-state index is 0.00739. The molecule has 1 aromatic carbocycles. The zero-order valence-electron chi connectivity index (χ0n) is 16.2. The van der Waals surface area contributed by atoms with Crippen molar-refractivity contribution < 1.29 is 14.0 Å². The Morgan fingerprint density at radius 3 is 2.87 bits per heavy atom. The summed E-state index contributed by atoms with van der Waals surface area (Å²) in [5.74, 6) is -1.44. The number of anilines is 2. The second-order valence-corrected chi connectivity index (χ2v) is 9.26. The highest BCUT2D eigenvalue weighted by Gasteiger charge is 2.60. The molecule has 1 spiro atoms. The van der Waals surface area contributed by atoms with E-state index in [-0.39, 0.29) is 34.7 Å². The highest BCUT2D eigenvalue weighted by Crippen LogP contribution is 2.55. The summed E-state index contributed by atoms with van der Waals surface area (Å²) < 4.78 is 15.0. The van der Waals surface area contributed by atoms with Crippen LogP contribution >= 0.6 is 23.1 Å². The molecule has 11 heteroatoms. The lowest BCUT2D eigenvalue weighted by Gasteiger charge is -2.42. The lowest BCUT2D eigenvalue weighted by atomic mass is 9.64. The van der Waals surface area contributed by atoms with Crippen LogP contribution in [-0.2, 0) is 15.0 Å². The number of nitrogens with one attached hydrogen (secondary N) is 1. The van der Waals surface area contributed by atoms with Gasteiger partial charge in [-0.15, -0.1) is 10.2 Å². The number of amides is 1. The van der Waals surface area contributed by atoms with E-state index in [0.717, 1.165) is 0 Å². The van der Waals surface area contributed by atoms with Crippen LogP contribution in [0.15, 0.2) is 45.2 Å². The third kappa shape index (κ3) is 2.52. The van der Waals surface area contributed by atoms with Crippen LogP contribution in [0.2, 0.25) is 0 Å². The molecule has 1 atom stereocenters. The first-order valence-corrected chi connectivity index (χ1v) is 11.4. The molecule has 3 N–H and O–H groups in total. The number of nitriles is 1. The van der Waals surface area contributed by atoms with Gasteiger partial charge in [0.05, 0.1) is 5.57 Å². The molecule has 31 heavy (non-hydrogen) atoms. The molecular formula is C20H15FN6O2S2. The molecule has 2 aliphatic heterocycles. The molecule has 0 radical (unpaired) electrons.